The Bertz CT molecular complexity index is 853. The van der Waals surface area contributed by atoms with Crippen LogP contribution < -0.4 is 29.7 Å². The van der Waals surface area contributed by atoms with Gasteiger partial charge in [-0.25, -0.2) is 4.79 Å². The summed E-state index contributed by atoms with van der Waals surface area (Å²) in [6.45, 7) is 0.379. The van der Waals surface area contributed by atoms with E-state index in [2.05, 4.69) is 10.6 Å². The Hall–Kier alpha value is -3.42. The van der Waals surface area contributed by atoms with Gasteiger partial charge >= 0.3 is 6.03 Å². The molecule has 0 spiro atoms. The van der Waals surface area contributed by atoms with Crippen molar-refractivity contribution in [2.45, 2.75) is 12.5 Å². The van der Waals surface area contributed by atoms with Crippen molar-refractivity contribution < 1.29 is 23.8 Å². The first kappa shape index (κ1) is 19.3. The summed E-state index contributed by atoms with van der Waals surface area (Å²) < 4.78 is 15.6. The molecule has 1 aliphatic heterocycles. The van der Waals surface area contributed by atoms with E-state index in [0.29, 0.717) is 35.2 Å². The van der Waals surface area contributed by atoms with Crippen molar-refractivity contribution >= 4 is 23.3 Å². The minimum atomic E-state index is -0.364. The molecule has 3 rings (SSSR count). The standard InChI is InChI=1S/C20H23N3O5/c1-26-16-7-4-13(5-8-16)21-20(25)22-14-10-19(24)23(12-14)15-6-9-17(27-2)18(11-15)28-3/h4-9,11,14H,10,12H2,1-3H3,(H2,21,22,25)/t14-/m1/s1. The van der Waals surface area contributed by atoms with Crippen molar-refractivity contribution in [2.24, 2.45) is 0 Å². The zero-order valence-electron chi connectivity index (χ0n) is 16.0. The maximum Gasteiger partial charge on any atom is 0.319 e. The van der Waals surface area contributed by atoms with Gasteiger partial charge in [-0.3, -0.25) is 4.79 Å². The molecule has 0 aromatic heterocycles. The van der Waals surface area contributed by atoms with Crippen molar-refractivity contribution in [2.75, 3.05) is 38.1 Å². The summed E-state index contributed by atoms with van der Waals surface area (Å²) in [6.07, 6.45) is 0.227. The van der Waals surface area contributed by atoms with Crippen LogP contribution in [0.2, 0.25) is 0 Å². The third kappa shape index (κ3) is 4.28. The van der Waals surface area contributed by atoms with Gasteiger partial charge < -0.3 is 29.7 Å². The average Bonchev–Trinajstić information content (AvgIpc) is 3.07. The highest BCUT2D eigenvalue weighted by molar-refractivity contribution is 5.98. The lowest BCUT2D eigenvalue weighted by molar-refractivity contribution is -0.117. The number of benzene rings is 2. The molecule has 0 bridgehead atoms. The van der Waals surface area contributed by atoms with Crippen molar-refractivity contribution in [3.8, 4) is 17.2 Å². The number of carbonyl (C=O) groups excluding carboxylic acids is 2. The van der Waals surface area contributed by atoms with E-state index >= 15 is 0 Å². The molecule has 3 amide bonds. The number of nitrogens with zero attached hydrogens (tertiary/aromatic N) is 1. The van der Waals surface area contributed by atoms with Gasteiger partial charge in [-0.15, -0.1) is 0 Å². The van der Waals surface area contributed by atoms with E-state index in [1.165, 1.54) is 0 Å². The first-order chi connectivity index (χ1) is 13.5. The molecule has 0 radical (unpaired) electrons. The molecular formula is C20H23N3O5. The van der Waals surface area contributed by atoms with Gasteiger partial charge in [0.05, 0.1) is 27.4 Å². The Morgan fingerprint density at radius 2 is 1.71 bits per heavy atom. The lowest BCUT2D eigenvalue weighted by Gasteiger charge is -2.19. The number of carbonyl (C=O) groups is 2. The number of hydrogen-bond donors (Lipinski definition) is 2. The van der Waals surface area contributed by atoms with Gasteiger partial charge in [0.1, 0.15) is 5.75 Å². The van der Waals surface area contributed by atoms with E-state index in [1.807, 2.05) is 0 Å². The minimum absolute atomic E-state index is 0.0676. The van der Waals surface area contributed by atoms with Crippen LogP contribution in [-0.4, -0.2) is 45.9 Å². The van der Waals surface area contributed by atoms with Gasteiger partial charge in [-0.2, -0.15) is 0 Å². The van der Waals surface area contributed by atoms with Crippen LogP contribution in [0.1, 0.15) is 6.42 Å². The normalized spacial score (nSPS) is 15.9. The molecule has 2 aromatic carbocycles. The largest absolute Gasteiger partial charge is 0.497 e. The molecule has 1 atom stereocenters. The van der Waals surface area contributed by atoms with E-state index in [9.17, 15) is 9.59 Å². The number of rotatable bonds is 6. The SMILES string of the molecule is COc1ccc(NC(=O)N[C@@H]2CC(=O)N(c3ccc(OC)c(OC)c3)C2)cc1. The third-order valence-electron chi connectivity index (χ3n) is 4.49. The summed E-state index contributed by atoms with van der Waals surface area (Å²) in [5.74, 6) is 1.77. The van der Waals surface area contributed by atoms with E-state index in [-0.39, 0.29) is 24.4 Å². The van der Waals surface area contributed by atoms with Gasteiger partial charge in [0, 0.05) is 30.4 Å². The summed E-state index contributed by atoms with van der Waals surface area (Å²) in [6, 6.07) is 11.6. The van der Waals surface area contributed by atoms with Crippen molar-refractivity contribution in [1.82, 2.24) is 5.32 Å². The maximum absolute atomic E-state index is 12.4. The molecule has 1 heterocycles. The first-order valence-corrected chi connectivity index (χ1v) is 8.78. The average molecular weight is 385 g/mol. The van der Waals surface area contributed by atoms with Crippen LogP contribution in [0.3, 0.4) is 0 Å². The van der Waals surface area contributed by atoms with E-state index < -0.39 is 0 Å². The second kappa shape index (κ2) is 8.51. The molecule has 2 N–H and O–H groups in total. The van der Waals surface area contributed by atoms with Crippen molar-refractivity contribution in [3.05, 3.63) is 42.5 Å². The lowest BCUT2D eigenvalue weighted by Crippen LogP contribution is -2.39. The molecule has 28 heavy (non-hydrogen) atoms. The fourth-order valence-electron chi connectivity index (χ4n) is 3.07. The zero-order valence-corrected chi connectivity index (χ0v) is 16.0. The number of hydrogen-bond acceptors (Lipinski definition) is 5. The first-order valence-electron chi connectivity index (χ1n) is 8.78. The van der Waals surface area contributed by atoms with E-state index in [4.69, 9.17) is 14.2 Å². The van der Waals surface area contributed by atoms with Gasteiger partial charge in [-0.1, -0.05) is 0 Å². The zero-order chi connectivity index (χ0) is 20.1. The minimum Gasteiger partial charge on any atom is -0.497 e. The summed E-state index contributed by atoms with van der Waals surface area (Å²) in [7, 11) is 4.68. The summed E-state index contributed by atoms with van der Waals surface area (Å²) in [4.78, 5) is 26.3. The Morgan fingerprint density at radius 3 is 2.36 bits per heavy atom. The number of methoxy groups -OCH3 is 3. The highest BCUT2D eigenvalue weighted by Gasteiger charge is 2.32. The molecule has 8 heteroatoms. The van der Waals surface area contributed by atoms with Crippen LogP contribution in [-0.2, 0) is 4.79 Å². The van der Waals surface area contributed by atoms with Gasteiger partial charge in [0.25, 0.3) is 0 Å². The molecule has 148 valence electrons. The predicted molar refractivity (Wildman–Crippen MR) is 105 cm³/mol. The molecule has 1 saturated heterocycles. The van der Waals surface area contributed by atoms with Gasteiger partial charge in [-0.05, 0) is 36.4 Å². The molecule has 1 fully saturated rings. The lowest BCUT2D eigenvalue weighted by atomic mass is 10.2. The topological polar surface area (TPSA) is 89.1 Å². The number of amides is 3. The summed E-state index contributed by atoms with van der Waals surface area (Å²) in [5.41, 5.74) is 1.34. The predicted octanol–water partition coefficient (Wildman–Crippen LogP) is 2.64. The molecule has 0 aliphatic carbocycles. The Balaban J connectivity index is 1.61. The number of nitrogens with one attached hydrogen (secondary N) is 2. The highest BCUT2D eigenvalue weighted by atomic mass is 16.5. The summed E-state index contributed by atoms with van der Waals surface area (Å²) >= 11 is 0. The highest BCUT2D eigenvalue weighted by Crippen LogP contribution is 2.33. The van der Waals surface area contributed by atoms with Crippen LogP contribution in [0.4, 0.5) is 16.2 Å². The quantitative estimate of drug-likeness (QED) is 0.798. The Morgan fingerprint density at radius 1 is 1.00 bits per heavy atom. The molecule has 2 aromatic rings. The van der Waals surface area contributed by atoms with Crippen LogP contribution in [0, 0.1) is 0 Å². The second-order valence-corrected chi connectivity index (χ2v) is 6.27. The van der Waals surface area contributed by atoms with Crippen molar-refractivity contribution in [1.29, 1.82) is 0 Å². The molecule has 8 nitrogen and oxygen atoms in total. The van der Waals surface area contributed by atoms with Crippen molar-refractivity contribution in [3.63, 3.8) is 0 Å². The second-order valence-electron chi connectivity index (χ2n) is 6.27. The fraction of sp³-hybridized carbons (Fsp3) is 0.300. The number of ether oxygens (including phenoxy) is 3. The Kier molecular flexibility index (Phi) is 5.88. The van der Waals surface area contributed by atoms with Crippen LogP contribution in [0.15, 0.2) is 42.5 Å². The van der Waals surface area contributed by atoms with Crippen LogP contribution >= 0.6 is 0 Å². The monoisotopic (exact) mass is 385 g/mol. The molecule has 1 aliphatic rings. The van der Waals surface area contributed by atoms with Crippen LogP contribution in [0.25, 0.3) is 0 Å². The molecular weight excluding hydrogens is 362 g/mol. The molecule has 0 saturated carbocycles. The Labute approximate surface area is 163 Å². The molecule has 0 unspecified atom stereocenters. The maximum atomic E-state index is 12.4. The van der Waals surface area contributed by atoms with Crippen LogP contribution in [0.5, 0.6) is 17.2 Å². The fourth-order valence-corrected chi connectivity index (χ4v) is 3.07. The number of anilines is 2. The van der Waals surface area contributed by atoms with E-state index in [0.717, 1.165) is 0 Å². The summed E-state index contributed by atoms with van der Waals surface area (Å²) in [5, 5.41) is 5.59. The van der Waals surface area contributed by atoms with Gasteiger partial charge in [0.15, 0.2) is 11.5 Å². The third-order valence-corrected chi connectivity index (χ3v) is 4.49. The van der Waals surface area contributed by atoms with Gasteiger partial charge in [0.2, 0.25) is 5.91 Å². The smallest absolute Gasteiger partial charge is 0.319 e. The van der Waals surface area contributed by atoms with E-state index in [1.54, 1.807) is 68.7 Å². The number of urea groups is 1.